The molecule has 2 heterocycles. The monoisotopic (exact) mass is 421 g/mol. The van der Waals surface area contributed by atoms with Crippen LogP contribution in [0.5, 0.6) is 5.75 Å². The van der Waals surface area contributed by atoms with Crippen molar-refractivity contribution in [3.05, 3.63) is 60.6 Å². The fraction of sp³-hybridized carbons (Fsp3) is 0.227. The molecule has 0 spiro atoms. The van der Waals surface area contributed by atoms with Crippen LogP contribution in [-0.2, 0) is 11.3 Å². The molecule has 0 bridgehead atoms. The Morgan fingerprint density at radius 3 is 2.58 bits per heavy atom. The van der Waals surface area contributed by atoms with Gasteiger partial charge < -0.3 is 24.6 Å². The number of fused-ring (bicyclic) bond motifs is 1. The lowest BCUT2D eigenvalue weighted by atomic mass is 10.1. The Hall–Kier alpha value is -3.85. The number of hydrogen-bond donors (Lipinski definition) is 2. The molecule has 1 aromatic heterocycles. The number of carbonyl (C=O) groups is 2. The standard InChI is InChI=1S/C22H23N5O4/c1-25-20-19(21(29)26(2)22(25)30)27(13-23-20)12-18(28)24-16-9-7-14(8-10-16)15-5-4-6-17(11-15)31-3/h4-11,13,22,30H,12H2,1-3H3,(H,24,28). The summed E-state index contributed by atoms with van der Waals surface area (Å²) in [4.78, 5) is 32.0. The van der Waals surface area contributed by atoms with E-state index >= 15 is 0 Å². The third kappa shape index (κ3) is 3.82. The highest BCUT2D eigenvalue weighted by Gasteiger charge is 2.36. The van der Waals surface area contributed by atoms with Gasteiger partial charge in [-0.25, -0.2) is 4.98 Å². The topological polar surface area (TPSA) is 99.9 Å². The molecule has 9 heteroatoms. The normalized spacial score (nSPS) is 15.6. The molecule has 1 aliphatic rings. The number of amides is 2. The van der Waals surface area contributed by atoms with Crippen molar-refractivity contribution in [1.82, 2.24) is 14.5 Å². The van der Waals surface area contributed by atoms with Gasteiger partial charge in [0.1, 0.15) is 12.3 Å². The molecule has 4 rings (SSSR count). The zero-order chi connectivity index (χ0) is 22.1. The summed E-state index contributed by atoms with van der Waals surface area (Å²) in [5.41, 5.74) is 2.91. The van der Waals surface area contributed by atoms with Gasteiger partial charge in [-0.05, 0) is 35.4 Å². The first kappa shape index (κ1) is 20.4. The van der Waals surface area contributed by atoms with Crippen LogP contribution in [-0.4, -0.2) is 58.9 Å². The van der Waals surface area contributed by atoms with Crippen molar-refractivity contribution in [1.29, 1.82) is 0 Å². The second kappa shape index (κ2) is 8.11. The second-order valence-electron chi connectivity index (χ2n) is 7.28. The molecule has 160 valence electrons. The van der Waals surface area contributed by atoms with Crippen molar-refractivity contribution in [2.24, 2.45) is 0 Å². The van der Waals surface area contributed by atoms with Gasteiger partial charge in [-0.2, -0.15) is 0 Å². The summed E-state index contributed by atoms with van der Waals surface area (Å²) in [5, 5.41) is 12.9. The Morgan fingerprint density at radius 1 is 1.13 bits per heavy atom. The van der Waals surface area contributed by atoms with Gasteiger partial charge in [-0.3, -0.25) is 14.5 Å². The third-order valence-electron chi connectivity index (χ3n) is 5.25. The lowest BCUT2D eigenvalue weighted by molar-refractivity contribution is -0.116. The van der Waals surface area contributed by atoms with Crippen molar-refractivity contribution < 1.29 is 19.4 Å². The zero-order valence-electron chi connectivity index (χ0n) is 17.4. The first-order valence-corrected chi connectivity index (χ1v) is 9.66. The quantitative estimate of drug-likeness (QED) is 0.654. The zero-order valence-corrected chi connectivity index (χ0v) is 17.4. The van der Waals surface area contributed by atoms with Crippen LogP contribution in [0.25, 0.3) is 11.1 Å². The molecule has 0 saturated carbocycles. The number of nitrogens with one attached hydrogen (secondary N) is 1. The highest BCUT2D eigenvalue weighted by Crippen LogP contribution is 2.27. The van der Waals surface area contributed by atoms with Crippen molar-refractivity contribution in [3.8, 4) is 16.9 Å². The largest absolute Gasteiger partial charge is 0.497 e. The molecule has 2 N–H and O–H groups in total. The van der Waals surface area contributed by atoms with Gasteiger partial charge in [-0.15, -0.1) is 0 Å². The van der Waals surface area contributed by atoms with E-state index in [0.29, 0.717) is 11.5 Å². The number of benzene rings is 2. The number of aliphatic hydroxyl groups excluding tert-OH is 1. The minimum absolute atomic E-state index is 0.0799. The van der Waals surface area contributed by atoms with Crippen LogP contribution in [0, 0.1) is 0 Å². The van der Waals surface area contributed by atoms with Crippen LogP contribution in [0.3, 0.4) is 0 Å². The highest BCUT2D eigenvalue weighted by molar-refractivity contribution is 6.00. The van der Waals surface area contributed by atoms with E-state index in [9.17, 15) is 14.7 Å². The van der Waals surface area contributed by atoms with Crippen molar-refractivity contribution in [2.75, 3.05) is 31.4 Å². The van der Waals surface area contributed by atoms with Crippen LogP contribution in [0.1, 0.15) is 10.5 Å². The molecule has 0 radical (unpaired) electrons. The Labute approximate surface area is 179 Å². The van der Waals surface area contributed by atoms with E-state index in [1.54, 1.807) is 14.2 Å². The minimum Gasteiger partial charge on any atom is -0.497 e. The van der Waals surface area contributed by atoms with Crippen LogP contribution in [0.4, 0.5) is 11.5 Å². The summed E-state index contributed by atoms with van der Waals surface area (Å²) < 4.78 is 6.74. The fourth-order valence-corrected chi connectivity index (χ4v) is 3.51. The van der Waals surface area contributed by atoms with Crippen LogP contribution >= 0.6 is 0 Å². The summed E-state index contributed by atoms with van der Waals surface area (Å²) in [5.74, 6) is 0.426. The molecule has 1 unspecified atom stereocenters. The van der Waals surface area contributed by atoms with Crippen LogP contribution in [0.2, 0.25) is 0 Å². The smallest absolute Gasteiger partial charge is 0.277 e. The maximum Gasteiger partial charge on any atom is 0.277 e. The Bertz CT molecular complexity index is 1130. The number of hydrogen-bond acceptors (Lipinski definition) is 6. The maximum absolute atomic E-state index is 12.6. The number of nitrogens with zero attached hydrogens (tertiary/aromatic N) is 4. The number of aromatic nitrogens is 2. The Morgan fingerprint density at radius 2 is 1.87 bits per heavy atom. The van der Waals surface area contributed by atoms with Gasteiger partial charge in [-0.1, -0.05) is 24.3 Å². The van der Waals surface area contributed by atoms with Gasteiger partial charge in [0.2, 0.25) is 12.3 Å². The third-order valence-corrected chi connectivity index (χ3v) is 5.25. The molecular formula is C22H23N5O4. The molecule has 2 amide bonds. The van der Waals surface area contributed by atoms with Crippen LogP contribution < -0.4 is 15.0 Å². The molecule has 2 aromatic carbocycles. The summed E-state index contributed by atoms with van der Waals surface area (Å²) >= 11 is 0. The number of aliphatic hydroxyl groups is 1. The Balaban J connectivity index is 1.47. The van der Waals surface area contributed by atoms with Gasteiger partial charge in [0.05, 0.1) is 13.4 Å². The van der Waals surface area contributed by atoms with Crippen molar-refractivity contribution in [3.63, 3.8) is 0 Å². The first-order valence-electron chi connectivity index (χ1n) is 9.66. The van der Waals surface area contributed by atoms with E-state index in [1.807, 2.05) is 48.5 Å². The molecule has 9 nitrogen and oxygen atoms in total. The molecule has 0 fully saturated rings. The van der Waals surface area contributed by atoms with E-state index in [2.05, 4.69) is 10.3 Å². The van der Waals surface area contributed by atoms with E-state index in [-0.39, 0.29) is 18.1 Å². The molecule has 1 aliphatic heterocycles. The SMILES string of the molecule is COc1cccc(-c2ccc(NC(=O)Cn3cnc4c3C(=O)N(C)C(O)N4C)cc2)c1. The van der Waals surface area contributed by atoms with E-state index in [1.165, 1.54) is 27.7 Å². The number of anilines is 2. The number of carbonyl (C=O) groups excluding carboxylic acids is 2. The van der Waals surface area contributed by atoms with Gasteiger partial charge in [0.15, 0.2) is 11.5 Å². The van der Waals surface area contributed by atoms with E-state index < -0.39 is 12.3 Å². The fourth-order valence-electron chi connectivity index (χ4n) is 3.51. The second-order valence-corrected chi connectivity index (χ2v) is 7.28. The summed E-state index contributed by atoms with van der Waals surface area (Å²) in [6.45, 7) is -0.0799. The van der Waals surface area contributed by atoms with Crippen LogP contribution in [0.15, 0.2) is 54.9 Å². The molecule has 0 saturated heterocycles. The predicted molar refractivity (Wildman–Crippen MR) is 116 cm³/mol. The minimum atomic E-state index is -1.10. The molecular weight excluding hydrogens is 398 g/mol. The average molecular weight is 421 g/mol. The summed E-state index contributed by atoms with van der Waals surface area (Å²) in [6.07, 6.45) is 0.330. The van der Waals surface area contributed by atoms with E-state index in [0.717, 1.165) is 16.9 Å². The summed E-state index contributed by atoms with van der Waals surface area (Å²) in [6, 6.07) is 15.2. The first-order chi connectivity index (χ1) is 14.9. The average Bonchev–Trinajstić information content (AvgIpc) is 3.20. The highest BCUT2D eigenvalue weighted by atomic mass is 16.5. The summed E-state index contributed by atoms with van der Waals surface area (Å²) in [7, 11) is 4.75. The number of imidazole rings is 1. The van der Waals surface area contributed by atoms with Gasteiger partial charge in [0.25, 0.3) is 5.91 Å². The predicted octanol–water partition coefficient (Wildman–Crippen LogP) is 2.00. The molecule has 3 aromatic rings. The number of ether oxygens (including phenoxy) is 1. The number of rotatable bonds is 5. The lowest BCUT2D eigenvalue weighted by Gasteiger charge is -2.36. The molecule has 31 heavy (non-hydrogen) atoms. The molecule has 1 atom stereocenters. The maximum atomic E-state index is 12.6. The lowest BCUT2D eigenvalue weighted by Crippen LogP contribution is -2.52. The molecule has 0 aliphatic carbocycles. The van der Waals surface area contributed by atoms with Gasteiger partial charge >= 0.3 is 0 Å². The van der Waals surface area contributed by atoms with Crippen molar-refractivity contribution >= 4 is 23.3 Å². The van der Waals surface area contributed by atoms with Gasteiger partial charge in [0, 0.05) is 19.8 Å². The van der Waals surface area contributed by atoms with E-state index in [4.69, 9.17) is 4.74 Å². The Kier molecular flexibility index (Phi) is 5.35. The number of methoxy groups -OCH3 is 1. The van der Waals surface area contributed by atoms with Crippen molar-refractivity contribution in [2.45, 2.75) is 12.9 Å².